The van der Waals surface area contributed by atoms with E-state index in [1.807, 2.05) is 45.9 Å². The largest absolute Gasteiger partial charge is 0.428 e. The summed E-state index contributed by atoms with van der Waals surface area (Å²) in [5.74, 6) is 2.03. The zero-order valence-electron chi connectivity index (χ0n) is 12.8. The molecule has 0 aromatic heterocycles. The van der Waals surface area contributed by atoms with E-state index in [1.165, 1.54) is 0 Å². The summed E-state index contributed by atoms with van der Waals surface area (Å²) in [4.78, 5) is 0. The fourth-order valence-electron chi connectivity index (χ4n) is 2.68. The molecular formula is C16H18O3S3. The van der Waals surface area contributed by atoms with Gasteiger partial charge in [-0.2, -0.15) is 0 Å². The summed E-state index contributed by atoms with van der Waals surface area (Å²) in [6.07, 6.45) is 0. The van der Waals surface area contributed by atoms with Gasteiger partial charge in [-0.3, -0.25) is 0 Å². The highest BCUT2D eigenvalue weighted by molar-refractivity contribution is 7.75. The molecule has 118 valence electrons. The number of rotatable bonds is 4. The Morgan fingerprint density at radius 3 is 1.82 bits per heavy atom. The summed E-state index contributed by atoms with van der Waals surface area (Å²) in [5, 5.41) is 0. The maximum absolute atomic E-state index is 5.38. The van der Waals surface area contributed by atoms with Gasteiger partial charge in [-0.05, 0) is 50.5 Å². The zero-order valence-corrected chi connectivity index (χ0v) is 15.5. The molecule has 0 heterocycles. The number of thiol groups is 3. The van der Waals surface area contributed by atoms with Gasteiger partial charge in [0.15, 0.2) is 0 Å². The van der Waals surface area contributed by atoms with Crippen molar-refractivity contribution in [3.05, 3.63) is 40.5 Å². The van der Waals surface area contributed by atoms with Crippen molar-refractivity contribution in [2.45, 2.75) is 27.7 Å². The fraction of sp³-hybridized carbons (Fsp3) is 0.250. The first-order valence-corrected chi connectivity index (χ1v) is 7.75. The topological polar surface area (TPSA) is 27.7 Å². The third-order valence-corrected chi connectivity index (χ3v) is 4.51. The molecule has 0 fully saturated rings. The fourth-order valence-corrected chi connectivity index (χ4v) is 3.34. The molecule has 0 amide bonds. The lowest BCUT2D eigenvalue weighted by Crippen LogP contribution is -2.00. The molecule has 0 aliphatic rings. The Morgan fingerprint density at radius 2 is 1.27 bits per heavy atom. The lowest BCUT2D eigenvalue weighted by atomic mass is 9.90. The highest BCUT2D eigenvalue weighted by Crippen LogP contribution is 2.48. The number of benzene rings is 2. The first-order chi connectivity index (χ1) is 10.5. The predicted molar refractivity (Wildman–Crippen MR) is 99.7 cm³/mol. The maximum atomic E-state index is 5.38. The van der Waals surface area contributed by atoms with Crippen molar-refractivity contribution >= 4 is 38.7 Å². The Hall–Kier alpha value is -1.11. The molecule has 0 saturated carbocycles. The molecule has 3 nitrogen and oxygen atoms in total. The van der Waals surface area contributed by atoms with E-state index in [-0.39, 0.29) is 0 Å². The molecule has 0 saturated heterocycles. The van der Waals surface area contributed by atoms with Gasteiger partial charge in [-0.1, -0.05) is 12.1 Å². The summed E-state index contributed by atoms with van der Waals surface area (Å²) < 4.78 is 15.9. The highest BCUT2D eigenvalue weighted by Gasteiger charge is 2.24. The van der Waals surface area contributed by atoms with E-state index in [0.29, 0.717) is 17.2 Å². The van der Waals surface area contributed by atoms with E-state index in [2.05, 4.69) is 38.7 Å². The lowest BCUT2D eigenvalue weighted by molar-refractivity contribution is 0.622. The minimum Gasteiger partial charge on any atom is -0.428 e. The van der Waals surface area contributed by atoms with Crippen LogP contribution < -0.4 is 12.5 Å². The van der Waals surface area contributed by atoms with Crippen molar-refractivity contribution in [2.24, 2.45) is 0 Å². The molecular weight excluding hydrogens is 336 g/mol. The van der Waals surface area contributed by atoms with E-state index in [1.54, 1.807) is 0 Å². The third kappa shape index (κ3) is 2.75. The van der Waals surface area contributed by atoms with Crippen LogP contribution in [0.5, 0.6) is 17.2 Å². The molecule has 0 bridgehead atoms. The molecule has 2 aromatic rings. The third-order valence-electron chi connectivity index (χ3n) is 3.95. The van der Waals surface area contributed by atoms with Gasteiger partial charge in [0.2, 0.25) is 0 Å². The van der Waals surface area contributed by atoms with Crippen LogP contribution in [0.2, 0.25) is 0 Å². The summed E-state index contributed by atoms with van der Waals surface area (Å²) in [7, 11) is 0. The van der Waals surface area contributed by atoms with Gasteiger partial charge in [0.25, 0.3) is 0 Å². The number of hydrogen-bond acceptors (Lipinski definition) is 6. The molecule has 0 spiro atoms. The van der Waals surface area contributed by atoms with Gasteiger partial charge in [-0.15, -0.1) is 0 Å². The van der Waals surface area contributed by atoms with Crippen molar-refractivity contribution < 1.29 is 12.5 Å². The first kappa shape index (κ1) is 17.2. The van der Waals surface area contributed by atoms with Gasteiger partial charge in [-0.25, -0.2) is 0 Å². The van der Waals surface area contributed by atoms with E-state index >= 15 is 0 Å². The van der Waals surface area contributed by atoms with E-state index in [9.17, 15) is 0 Å². The van der Waals surface area contributed by atoms with Crippen LogP contribution in [0.4, 0.5) is 0 Å². The second kappa shape index (κ2) is 6.98. The lowest BCUT2D eigenvalue weighted by Gasteiger charge is -2.21. The van der Waals surface area contributed by atoms with Gasteiger partial charge < -0.3 is 12.5 Å². The first-order valence-electron chi connectivity index (χ1n) is 6.65. The molecule has 0 radical (unpaired) electrons. The molecule has 2 rings (SSSR count). The minimum atomic E-state index is 0.645. The van der Waals surface area contributed by atoms with Crippen molar-refractivity contribution in [1.82, 2.24) is 0 Å². The van der Waals surface area contributed by atoms with Gasteiger partial charge in [0, 0.05) is 55.4 Å². The summed E-state index contributed by atoms with van der Waals surface area (Å²) in [6, 6.07) is 5.77. The quantitative estimate of drug-likeness (QED) is 0.517. The summed E-state index contributed by atoms with van der Waals surface area (Å²) in [6.45, 7) is 7.88. The van der Waals surface area contributed by atoms with Crippen LogP contribution in [-0.4, -0.2) is 0 Å². The Labute approximate surface area is 147 Å². The summed E-state index contributed by atoms with van der Waals surface area (Å²) in [5.41, 5.74) is 5.60. The Morgan fingerprint density at radius 1 is 0.682 bits per heavy atom. The Kier molecular flexibility index (Phi) is 5.47. The van der Waals surface area contributed by atoms with Crippen LogP contribution in [0, 0.1) is 27.7 Å². The van der Waals surface area contributed by atoms with Crippen LogP contribution in [0.3, 0.4) is 0 Å². The Bertz CT molecular complexity index is 715. The minimum absolute atomic E-state index is 0.645. The van der Waals surface area contributed by atoms with Crippen LogP contribution in [0.1, 0.15) is 22.3 Å². The van der Waals surface area contributed by atoms with Crippen LogP contribution in [0.15, 0.2) is 18.2 Å². The smallest absolute Gasteiger partial charge is 0.148 e. The zero-order chi connectivity index (χ0) is 16.4. The van der Waals surface area contributed by atoms with Crippen LogP contribution in [-0.2, 0) is 0 Å². The molecule has 0 N–H and O–H groups in total. The average Bonchev–Trinajstić information content (AvgIpc) is 2.51. The van der Waals surface area contributed by atoms with E-state index in [0.717, 1.165) is 33.4 Å². The molecule has 0 unspecified atom stereocenters. The van der Waals surface area contributed by atoms with Crippen molar-refractivity contribution in [3.63, 3.8) is 0 Å². The number of hydrogen-bond donors (Lipinski definition) is 3. The second-order valence-electron chi connectivity index (χ2n) is 5.13. The maximum Gasteiger partial charge on any atom is 0.148 e. The molecule has 0 aliphatic heterocycles. The van der Waals surface area contributed by atoms with E-state index in [4.69, 9.17) is 12.5 Å². The second-order valence-corrected chi connectivity index (χ2v) is 5.68. The monoisotopic (exact) mass is 354 g/mol. The van der Waals surface area contributed by atoms with Crippen LogP contribution in [0.25, 0.3) is 11.1 Å². The SMILES string of the molecule is Cc1cccc(OS)c1-c1c(C)c(OS)c(C)c(C)c1OS. The standard InChI is InChI=1S/C16H18O3S3/c1-8-6-5-7-12(17-20)13(8)14-11(4)15(18-21)9(2)10(3)16(14)19-22/h5-7,20-22H,1-4H3. The van der Waals surface area contributed by atoms with Crippen molar-refractivity contribution in [3.8, 4) is 28.4 Å². The van der Waals surface area contributed by atoms with Gasteiger partial charge >= 0.3 is 0 Å². The molecule has 0 atom stereocenters. The van der Waals surface area contributed by atoms with Gasteiger partial charge in [0.05, 0.1) is 0 Å². The average molecular weight is 355 g/mol. The Balaban J connectivity index is 2.95. The molecule has 6 heteroatoms. The summed E-state index contributed by atoms with van der Waals surface area (Å²) >= 11 is 12.0. The molecule has 22 heavy (non-hydrogen) atoms. The van der Waals surface area contributed by atoms with E-state index < -0.39 is 0 Å². The predicted octanol–water partition coefficient (Wildman–Crippen LogP) is 5.26. The highest BCUT2D eigenvalue weighted by atomic mass is 32.1. The van der Waals surface area contributed by atoms with Crippen molar-refractivity contribution in [2.75, 3.05) is 0 Å². The van der Waals surface area contributed by atoms with Crippen LogP contribution >= 0.6 is 38.7 Å². The number of aryl methyl sites for hydroxylation is 1. The van der Waals surface area contributed by atoms with Crippen molar-refractivity contribution in [1.29, 1.82) is 0 Å². The molecule has 2 aromatic carbocycles. The normalized spacial score (nSPS) is 10.5. The molecule has 0 aliphatic carbocycles. The van der Waals surface area contributed by atoms with Gasteiger partial charge in [0.1, 0.15) is 17.2 Å².